The van der Waals surface area contributed by atoms with Gasteiger partial charge in [-0.25, -0.2) is 0 Å². The Labute approximate surface area is 201 Å². The maximum absolute atomic E-state index is 12.8. The van der Waals surface area contributed by atoms with Crippen molar-refractivity contribution in [3.63, 3.8) is 0 Å². The average Bonchev–Trinajstić information content (AvgIpc) is 2.80. The Morgan fingerprint density at radius 3 is 2.44 bits per heavy atom. The van der Waals surface area contributed by atoms with E-state index in [4.69, 9.17) is 4.74 Å². The summed E-state index contributed by atoms with van der Waals surface area (Å²) in [5.41, 5.74) is 2.12. The van der Waals surface area contributed by atoms with Gasteiger partial charge < -0.3 is 15.4 Å². The van der Waals surface area contributed by atoms with Crippen LogP contribution in [0.2, 0.25) is 0 Å². The van der Waals surface area contributed by atoms with Crippen molar-refractivity contribution in [3.05, 3.63) is 58.4 Å². The van der Waals surface area contributed by atoms with E-state index in [1.807, 2.05) is 26.8 Å². The predicted molar refractivity (Wildman–Crippen MR) is 133 cm³/mol. The molecule has 0 radical (unpaired) electrons. The zero-order valence-corrected chi connectivity index (χ0v) is 20.3. The van der Waals surface area contributed by atoms with Crippen LogP contribution in [0.4, 0.5) is 11.4 Å². The summed E-state index contributed by atoms with van der Waals surface area (Å²) in [7, 11) is 0. The molecular weight excluding hydrogens is 454 g/mol. The van der Waals surface area contributed by atoms with Crippen molar-refractivity contribution in [2.45, 2.75) is 44.5 Å². The molecule has 2 amide bonds. The van der Waals surface area contributed by atoms with E-state index in [0.29, 0.717) is 30.0 Å². The number of ether oxygens (including phenoxy) is 1. The molecule has 0 fully saturated rings. The first kappa shape index (κ1) is 25.0. The molecule has 0 saturated heterocycles. The molecule has 1 aromatic heterocycles. The van der Waals surface area contributed by atoms with Gasteiger partial charge in [0.1, 0.15) is 5.75 Å². The Morgan fingerprint density at radius 1 is 1.09 bits per heavy atom. The van der Waals surface area contributed by atoms with Crippen molar-refractivity contribution in [3.8, 4) is 17.0 Å². The van der Waals surface area contributed by atoms with Crippen LogP contribution >= 0.6 is 11.8 Å². The Bertz CT molecular complexity index is 1230. The van der Waals surface area contributed by atoms with E-state index < -0.39 is 10.8 Å². The van der Waals surface area contributed by atoms with Crippen LogP contribution in [0.5, 0.6) is 5.75 Å². The lowest BCUT2D eigenvalue weighted by Gasteiger charge is -2.14. The Morgan fingerprint density at radius 2 is 1.82 bits per heavy atom. The number of aromatic nitrogens is 3. The smallest absolute Gasteiger partial charge is 0.278 e. The van der Waals surface area contributed by atoms with Crippen molar-refractivity contribution >= 4 is 35.0 Å². The molecular formula is C24H27N5O4S. The lowest BCUT2D eigenvalue weighted by Crippen LogP contribution is -2.25. The highest BCUT2D eigenvalue weighted by Crippen LogP contribution is 2.27. The highest BCUT2D eigenvalue weighted by Gasteiger charge is 2.21. The first-order valence-electron chi connectivity index (χ1n) is 10.9. The SMILES string of the molecule is CCOc1ccc(NC(=O)C(CC)Sc2nnc(-c3cc(C)ccc3NC(C)=O)c(=O)[nH]2)cc1. The fourth-order valence-corrected chi connectivity index (χ4v) is 4.03. The minimum Gasteiger partial charge on any atom is -0.494 e. The summed E-state index contributed by atoms with van der Waals surface area (Å²) >= 11 is 1.13. The monoisotopic (exact) mass is 481 g/mol. The third-order valence-corrected chi connectivity index (χ3v) is 6.01. The number of amides is 2. The van der Waals surface area contributed by atoms with Crippen LogP contribution in [0.1, 0.15) is 32.8 Å². The number of nitrogens with one attached hydrogen (secondary N) is 3. The number of nitrogens with zero attached hydrogens (tertiary/aromatic N) is 2. The predicted octanol–water partition coefficient (Wildman–Crippen LogP) is 4.01. The van der Waals surface area contributed by atoms with Gasteiger partial charge in [-0.05, 0) is 56.7 Å². The maximum atomic E-state index is 12.8. The van der Waals surface area contributed by atoms with Crippen LogP contribution in [-0.2, 0) is 9.59 Å². The Hall–Kier alpha value is -3.66. The molecule has 3 rings (SSSR count). The molecule has 1 atom stereocenters. The number of aryl methyl sites for hydroxylation is 1. The second-order valence-corrected chi connectivity index (χ2v) is 8.69. The molecule has 0 saturated carbocycles. The maximum Gasteiger partial charge on any atom is 0.278 e. The second kappa shape index (κ2) is 11.5. The molecule has 0 aliphatic heterocycles. The zero-order valence-electron chi connectivity index (χ0n) is 19.5. The largest absolute Gasteiger partial charge is 0.494 e. The fourth-order valence-electron chi connectivity index (χ4n) is 3.18. The number of carbonyl (C=O) groups is 2. The molecule has 178 valence electrons. The molecule has 3 N–H and O–H groups in total. The molecule has 1 unspecified atom stereocenters. The molecule has 10 heteroatoms. The first-order chi connectivity index (χ1) is 16.3. The molecule has 1 heterocycles. The summed E-state index contributed by atoms with van der Waals surface area (Å²) in [4.78, 5) is 39.8. The molecule has 0 aliphatic carbocycles. The summed E-state index contributed by atoms with van der Waals surface area (Å²) in [5.74, 6) is 0.256. The third-order valence-electron chi connectivity index (χ3n) is 4.77. The second-order valence-electron chi connectivity index (χ2n) is 7.50. The number of H-pyrrole nitrogens is 1. The molecule has 0 bridgehead atoms. The van der Waals surface area contributed by atoms with Gasteiger partial charge in [-0.1, -0.05) is 30.3 Å². The fraction of sp³-hybridized carbons (Fsp3) is 0.292. The van der Waals surface area contributed by atoms with Gasteiger partial charge in [-0.15, -0.1) is 10.2 Å². The summed E-state index contributed by atoms with van der Waals surface area (Å²) in [6.07, 6.45) is 0.517. The van der Waals surface area contributed by atoms with Crippen molar-refractivity contribution in [1.82, 2.24) is 15.2 Å². The quantitative estimate of drug-likeness (QED) is 0.394. The van der Waals surface area contributed by atoms with E-state index in [0.717, 1.165) is 23.1 Å². The highest BCUT2D eigenvalue weighted by molar-refractivity contribution is 8.00. The van der Waals surface area contributed by atoms with Gasteiger partial charge in [0.05, 0.1) is 17.5 Å². The number of hydrogen-bond acceptors (Lipinski definition) is 7. The summed E-state index contributed by atoms with van der Waals surface area (Å²) in [5, 5.41) is 13.5. The normalized spacial score (nSPS) is 11.5. The van der Waals surface area contributed by atoms with E-state index in [9.17, 15) is 14.4 Å². The van der Waals surface area contributed by atoms with E-state index in [2.05, 4.69) is 25.8 Å². The summed E-state index contributed by atoms with van der Waals surface area (Å²) in [6, 6.07) is 12.4. The number of carbonyl (C=O) groups excluding carboxylic acids is 2. The Balaban J connectivity index is 1.76. The van der Waals surface area contributed by atoms with Crippen LogP contribution in [0.3, 0.4) is 0 Å². The van der Waals surface area contributed by atoms with Crippen LogP contribution in [-0.4, -0.2) is 38.9 Å². The minimum atomic E-state index is -0.490. The first-order valence-corrected chi connectivity index (χ1v) is 11.7. The van der Waals surface area contributed by atoms with Crippen molar-refractivity contribution in [2.75, 3.05) is 17.2 Å². The number of benzene rings is 2. The van der Waals surface area contributed by atoms with Gasteiger partial charge in [-0.2, -0.15) is 0 Å². The van der Waals surface area contributed by atoms with Gasteiger partial charge in [-0.3, -0.25) is 19.4 Å². The van der Waals surface area contributed by atoms with Gasteiger partial charge in [0.2, 0.25) is 11.8 Å². The van der Waals surface area contributed by atoms with E-state index in [1.165, 1.54) is 6.92 Å². The number of anilines is 2. The van der Waals surface area contributed by atoms with Crippen LogP contribution in [0.15, 0.2) is 52.4 Å². The van der Waals surface area contributed by atoms with E-state index in [-0.39, 0.29) is 22.7 Å². The molecule has 2 aromatic carbocycles. The van der Waals surface area contributed by atoms with Crippen molar-refractivity contribution in [2.24, 2.45) is 0 Å². The molecule has 0 aliphatic rings. The molecule has 34 heavy (non-hydrogen) atoms. The topological polar surface area (TPSA) is 126 Å². The molecule has 0 spiro atoms. The number of hydrogen-bond donors (Lipinski definition) is 3. The molecule has 9 nitrogen and oxygen atoms in total. The van der Waals surface area contributed by atoms with E-state index in [1.54, 1.807) is 36.4 Å². The van der Waals surface area contributed by atoms with E-state index >= 15 is 0 Å². The lowest BCUT2D eigenvalue weighted by molar-refractivity contribution is -0.116. The lowest BCUT2D eigenvalue weighted by atomic mass is 10.1. The average molecular weight is 482 g/mol. The van der Waals surface area contributed by atoms with Crippen molar-refractivity contribution in [1.29, 1.82) is 0 Å². The van der Waals surface area contributed by atoms with Crippen molar-refractivity contribution < 1.29 is 14.3 Å². The Kier molecular flexibility index (Phi) is 8.42. The van der Waals surface area contributed by atoms with Gasteiger partial charge >= 0.3 is 0 Å². The minimum absolute atomic E-state index is 0.0867. The number of thioether (sulfide) groups is 1. The number of rotatable bonds is 9. The zero-order chi connectivity index (χ0) is 24.7. The van der Waals surface area contributed by atoms with Gasteiger partial charge in [0.15, 0.2) is 10.9 Å². The summed E-state index contributed by atoms with van der Waals surface area (Å²) in [6.45, 7) is 7.62. The third kappa shape index (κ3) is 6.44. The summed E-state index contributed by atoms with van der Waals surface area (Å²) < 4.78 is 5.41. The van der Waals surface area contributed by atoms with Crippen LogP contribution < -0.4 is 20.9 Å². The van der Waals surface area contributed by atoms with Crippen LogP contribution in [0, 0.1) is 6.92 Å². The van der Waals surface area contributed by atoms with Gasteiger partial charge in [0, 0.05) is 18.2 Å². The highest BCUT2D eigenvalue weighted by atomic mass is 32.2. The number of aromatic amines is 1. The molecule has 3 aromatic rings. The standard InChI is InChI=1S/C24H27N5O4S/c1-5-20(22(31)26-16-8-10-17(11-9-16)33-6-2)34-24-27-23(32)21(28-29-24)18-13-14(3)7-12-19(18)25-15(4)30/h7-13,20H,5-6H2,1-4H3,(H,25,30)(H,26,31)(H,27,29,32). The van der Waals surface area contributed by atoms with Gasteiger partial charge in [0.25, 0.3) is 5.56 Å². The van der Waals surface area contributed by atoms with Crippen LogP contribution in [0.25, 0.3) is 11.3 Å².